The SMILES string of the molecule is CCOC/C=C(/OC(C)=O)C1=CCCC1. The molecule has 0 aliphatic heterocycles. The van der Waals surface area contributed by atoms with Gasteiger partial charge in [-0.15, -0.1) is 0 Å². The first-order valence-electron chi connectivity index (χ1n) is 5.39. The van der Waals surface area contributed by atoms with Gasteiger partial charge in [-0.25, -0.2) is 0 Å². The summed E-state index contributed by atoms with van der Waals surface area (Å²) < 4.78 is 10.4. The van der Waals surface area contributed by atoms with Gasteiger partial charge in [0.25, 0.3) is 0 Å². The van der Waals surface area contributed by atoms with Crippen molar-refractivity contribution in [3.8, 4) is 0 Å². The first-order valence-corrected chi connectivity index (χ1v) is 5.39. The van der Waals surface area contributed by atoms with Crippen molar-refractivity contribution in [2.45, 2.75) is 33.1 Å². The summed E-state index contributed by atoms with van der Waals surface area (Å²) in [5, 5.41) is 0. The van der Waals surface area contributed by atoms with Crippen molar-refractivity contribution in [3.63, 3.8) is 0 Å². The number of hydrogen-bond acceptors (Lipinski definition) is 3. The van der Waals surface area contributed by atoms with Crippen LogP contribution in [0.25, 0.3) is 0 Å². The van der Waals surface area contributed by atoms with Gasteiger partial charge in [-0.1, -0.05) is 6.08 Å². The minimum atomic E-state index is -0.273. The number of hydrogen-bond donors (Lipinski definition) is 0. The zero-order valence-corrected chi connectivity index (χ0v) is 9.41. The van der Waals surface area contributed by atoms with E-state index in [1.807, 2.05) is 13.0 Å². The summed E-state index contributed by atoms with van der Waals surface area (Å²) in [7, 11) is 0. The van der Waals surface area contributed by atoms with Crippen molar-refractivity contribution in [1.29, 1.82) is 0 Å². The van der Waals surface area contributed by atoms with Crippen molar-refractivity contribution in [3.05, 3.63) is 23.5 Å². The van der Waals surface area contributed by atoms with Crippen LogP contribution in [0.4, 0.5) is 0 Å². The van der Waals surface area contributed by atoms with Crippen molar-refractivity contribution < 1.29 is 14.3 Å². The van der Waals surface area contributed by atoms with Gasteiger partial charge in [0, 0.05) is 13.5 Å². The predicted molar refractivity (Wildman–Crippen MR) is 58.3 cm³/mol. The molecule has 0 N–H and O–H groups in total. The van der Waals surface area contributed by atoms with E-state index in [-0.39, 0.29) is 5.97 Å². The van der Waals surface area contributed by atoms with E-state index in [1.165, 1.54) is 6.92 Å². The average molecular weight is 210 g/mol. The van der Waals surface area contributed by atoms with E-state index >= 15 is 0 Å². The minimum Gasteiger partial charge on any atom is -0.427 e. The Labute approximate surface area is 90.8 Å². The maximum absolute atomic E-state index is 10.9. The van der Waals surface area contributed by atoms with Gasteiger partial charge in [-0.2, -0.15) is 0 Å². The summed E-state index contributed by atoms with van der Waals surface area (Å²) in [5.74, 6) is 0.402. The fourth-order valence-corrected chi connectivity index (χ4v) is 1.54. The van der Waals surface area contributed by atoms with Gasteiger partial charge in [-0.05, 0) is 37.8 Å². The highest BCUT2D eigenvalue weighted by Gasteiger charge is 2.12. The van der Waals surface area contributed by atoms with E-state index in [4.69, 9.17) is 9.47 Å². The Balaban J connectivity index is 2.59. The Morgan fingerprint density at radius 2 is 2.40 bits per heavy atom. The molecule has 0 atom stereocenters. The van der Waals surface area contributed by atoms with E-state index in [0.717, 1.165) is 24.8 Å². The summed E-state index contributed by atoms with van der Waals surface area (Å²) in [4.78, 5) is 10.9. The summed E-state index contributed by atoms with van der Waals surface area (Å²) in [5.41, 5.74) is 1.13. The van der Waals surface area contributed by atoms with Crippen molar-refractivity contribution in [2.75, 3.05) is 13.2 Å². The second-order valence-electron chi connectivity index (χ2n) is 3.44. The second kappa shape index (κ2) is 6.40. The molecule has 1 aliphatic carbocycles. The lowest BCUT2D eigenvalue weighted by Crippen LogP contribution is -2.02. The zero-order valence-electron chi connectivity index (χ0n) is 9.41. The maximum atomic E-state index is 10.9. The third-order valence-corrected chi connectivity index (χ3v) is 2.20. The number of ether oxygens (including phenoxy) is 2. The highest BCUT2D eigenvalue weighted by molar-refractivity contribution is 5.68. The van der Waals surface area contributed by atoms with E-state index in [9.17, 15) is 4.79 Å². The van der Waals surface area contributed by atoms with Crippen LogP contribution in [0.3, 0.4) is 0 Å². The first kappa shape index (κ1) is 12.0. The number of allylic oxidation sites excluding steroid dienone is 2. The maximum Gasteiger partial charge on any atom is 0.308 e. The molecule has 84 valence electrons. The van der Waals surface area contributed by atoms with Crippen LogP contribution in [-0.2, 0) is 14.3 Å². The van der Waals surface area contributed by atoms with Crippen LogP contribution >= 0.6 is 0 Å². The summed E-state index contributed by atoms with van der Waals surface area (Å²) in [6.07, 6.45) is 7.17. The van der Waals surface area contributed by atoms with E-state index in [0.29, 0.717) is 19.0 Å². The molecule has 0 amide bonds. The highest BCUT2D eigenvalue weighted by atomic mass is 16.5. The summed E-state index contributed by atoms with van der Waals surface area (Å²) in [6.45, 7) is 4.53. The van der Waals surface area contributed by atoms with Crippen LogP contribution in [0, 0.1) is 0 Å². The molecule has 0 spiro atoms. The molecule has 0 aromatic heterocycles. The number of carbonyl (C=O) groups is 1. The molecule has 3 heteroatoms. The molecule has 0 heterocycles. The third kappa shape index (κ3) is 4.30. The van der Waals surface area contributed by atoms with Gasteiger partial charge >= 0.3 is 5.97 Å². The highest BCUT2D eigenvalue weighted by Crippen LogP contribution is 2.25. The molecule has 0 radical (unpaired) electrons. The first-order chi connectivity index (χ1) is 7.24. The molecule has 1 aliphatic rings. The van der Waals surface area contributed by atoms with Crippen molar-refractivity contribution >= 4 is 5.97 Å². The molecule has 3 nitrogen and oxygen atoms in total. The van der Waals surface area contributed by atoms with Crippen molar-refractivity contribution in [1.82, 2.24) is 0 Å². The van der Waals surface area contributed by atoms with E-state index in [2.05, 4.69) is 6.08 Å². The molecule has 0 saturated heterocycles. The van der Waals surface area contributed by atoms with Crippen LogP contribution in [0.5, 0.6) is 0 Å². The van der Waals surface area contributed by atoms with Crippen LogP contribution < -0.4 is 0 Å². The van der Waals surface area contributed by atoms with Gasteiger partial charge in [0.05, 0.1) is 6.61 Å². The van der Waals surface area contributed by atoms with E-state index < -0.39 is 0 Å². The molecule has 0 saturated carbocycles. The lowest BCUT2D eigenvalue weighted by atomic mass is 10.2. The molecule has 15 heavy (non-hydrogen) atoms. The minimum absolute atomic E-state index is 0.273. The molecule has 0 fully saturated rings. The topological polar surface area (TPSA) is 35.5 Å². The van der Waals surface area contributed by atoms with Crippen LogP contribution in [-0.4, -0.2) is 19.2 Å². The molecule has 0 bridgehead atoms. The van der Waals surface area contributed by atoms with E-state index in [1.54, 1.807) is 0 Å². The van der Waals surface area contributed by atoms with Gasteiger partial charge in [0.15, 0.2) is 0 Å². The molecule has 0 aromatic carbocycles. The number of rotatable bonds is 5. The Bertz CT molecular complexity index is 277. The molecule has 0 aromatic rings. The van der Waals surface area contributed by atoms with Crippen LogP contribution in [0.15, 0.2) is 23.5 Å². The summed E-state index contributed by atoms with van der Waals surface area (Å²) in [6, 6.07) is 0. The Morgan fingerprint density at radius 1 is 1.60 bits per heavy atom. The Kier molecular flexibility index (Phi) is 5.12. The smallest absolute Gasteiger partial charge is 0.308 e. The zero-order chi connectivity index (χ0) is 11.1. The molecular formula is C12H18O3. The molecule has 0 unspecified atom stereocenters. The second-order valence-corrected chi connectivity index (χ2v) is 3.44. The van der Waals surface area contributed by atoms with Gasteiger partial charge in [0.1, 0.15) is 5.76 Å². The van der Waals surface area contributed by atoms with Crippen LogP contribution in [0.2, 0.25) is 0 Å². The number of carbonyl (C=O) groups excluding carboxylic acids is 1. The lowest BCUT2D eigenvalue weighted by molar-refractivity contribution is -0.136. The van der Waals surface area contributed by atoms with Gasteiger partial charge < -0.3 is 9.47 Å². The standard InChI is InChI=1S/C12H18O3/c1-3-14-9-8-12(15-10(2)13)11-6-4-5-7-11/h6,8H,3-5,7,9H2,1-2H3/b12-8+. The summed E-state index contributed by atoms with van der Waals surface area (Å²) >= 11 is 0. The predicted octanol–water partition coefficient (Wildman–Crippen LogP) is 2.58. The molecular weight excluding hydrogens is 192 g/mol. The lowest BCUT2D eigenvalue weighted by Gasteiger charge is -2.08. The number of esters is 1. The van der Waals surface area contributed by atoms with Gasteiger partial charge in [0.2, 0.25) is 0 Å². The quantitative estimate of drug-likeness (QED) is 0.397. The monoisotopic (exact) mass is 210 g/mol. The largest absolute Gasteiger partial charge is 0.427 e. The Hall–Kier alpha value is -1.09. The fraction of sp³-hybridized carbons (Fsp3) is 0.583. The Morgan fingerprint density at radius 3 is 2.93 bits per heavy atom. The normalized spacial score (nSPS) is 16.4. The molecule has 1 rings (SSSR count). The third-order valence-electron chi connectivity index (χ3n) is 2.20. The van der Waals surface area contributed by atoms with Crippen LogP contribution in [0.1, 0.15) is 33.1 Å². The van der Waals surface area contributed by atoms with Gasteiger partial charge in [-0.3, -0.25) is 4.79 Å². The fourth-order valence-electron chi connectivity index (χ4n) is 1.54. The average Bonchev–Trinajstić information content (AvgIpc) is 2.68. The van der Waals surface area contributed by atoms with Crippen molar-refractivity contribution in [2.24, 2.45) is 0 Å².